The van der Waals surface area contributed by atoms with Crippen LogP contribution < -0.4 is 5.32 Å². The highest BCUT2D eigenvalue weighted by atomic mass is 19.4. The van der Waals surface area contributed by atoms with Gasteiger partial charge in [0.15, 0.2) is 0 Å². The molecule has 0 saturated heterocycles. The van der Waals surface area contributed by atoms with Crippen LogP contribution in [0.3, 0.4) is 0 Å². The summed E-state index contributed by atoms with van der Waals surface area (Å²) in [6.45, 7) is 0. The molecule has 2 aromatic carbocycles. The van der Waals surface area contributed by atoms with Gasteiger partial charge in [0.1, 0.15) is 5.69 Å². The van der Waals surface area contributed by atoms with Crippen molar-refractivity contribution in [1.29, 1.82) is 5.26 Å². The molecule has 2 aromatic rings. The van der Waals surface area contributed by atoms with Crippen LogP contribution in [0.25, 0.3) is 0 Å². The Morgan fingerprint density at radius 1 is 1.14 bits per heavy atom. The molecule has 112 valence electrons. The summed E-state index contributed by atoms with van der Waals surface area (Å²) in [7, 11) is 0. The van der Waals surface area contributed by atoms with E-state index >= 15 is 0 Å². The maximum absolute atomic E-state index is 12.9. The zero-order chi connectivity index (χ0) is 16.3. The molecule has 0 aliphatic rings. The van der Waals surface area contributed by atoms with E-state index in [9.17, 15) is 23.3 Å². The van der Waals surface area contributed by atoms with Crippen molar-refractivity contribution >= 4 is 17.1 Å². The van der Waals surface area contributed by atoms with E-state index in [1.165, 1.54) is 30.3 Å². The quantitative estimate of drug-likeness (QED) is 0.680. The molecular weight excluding hydrogens is 299 g/mol. The van der Waals surface area contributed by atoms with Crippen molar-refractivity contribution in [3.05, 3.63) is 63.7 Å². The van der Waals surface area contributed by atoms with Crippen molar-refractivity contribution in [1.82, 2.24) is 0 Å². The Hall–Kier alpha value is -3.08. The average molecular weight is 307 g/mol. The normalized spacial score (nSPS) is 10.8. The SMILES string of the molecule is N#Cc1ccc(Nc2ccccc2C(F)(F)F)c([N+](=O)[O-])c1. The van der Waals surface area contributed by atoms with Gasteiger partial charge in [-0.15, -0.1) is 0 Å². The molecule has 0 radical (unpaired) electrons. The van der Waals surface area contributed by atoms with Crippen molar-refractivity contribution in [2.24, 2.45) is 0 Å². The molecule has 0 aromatic heterocycles. The maximum atomic E-state index is 12.9. The number of hydrogen-bond acceptors (Lipinski definition) is 4. The summed E-state index contributed by atoms with van der Waals surface area (Å²) in [4.78, 5) is 10.2. The number of nitrogens with one attached hydrogen (secondary N) is 1. The van der Waals surface area contributed by atoms with Crippen LogP contribution >= 0.6 is 0 Å². The molecule has 0 spiro atoms. The summed E-state index contributed by atoms with van der Waals surface area (Å²) in [6, 6.07) is 9.87. The van der Waals surface area contributed by atoms with Crippen LogP contribution in [0, 0.1) is 21.4 Å². The van der Waals surface area contributed by atoms with Crippen molar-refractivity contribution in [3.63, 3.8) is 0 Å². The molecule has 0 saturated carbocycles. The Kier molecular flexibility index (Phi) is 3.99. The third-order valence-electron chi connectivity index (χ3n) is 2.83. The van der Waals surface area contributed by atoms with Crippen molar-refractivity contribution in [2.75, 3.05) is 5.32 Å². The predicted molar refractivity (Wildman–Crippen MR) is 72.5 cm³/mol. The van der Waals surface area contributed by atoms with Crippen molar-refractivity contribution < 1.29 is 18.1 Å². The first-order chi connectivity index (χ1) is 10.3. The highest BCUT2D eigenvalue weighted by molar-refractivity contribution is 5.72. The summed E-state index contributed by atoms with van der Waals surface area (Å²) in [6.07, 6.45) is -4.59. The largest absolute Gasteiger partial charge is 0.418 e. The molecule has 22 heavy (non-hydrogen) atoms. The van der Waals surface area contributed by atoms with Crippen LogP contribution in [-0.2, 0) is 6.18 Å². The summed E-state index contributed by atoms with van der Waals surface area (Å²) in [5.74, 6) is 0. The smallest absolute Gasteiger partial charge is 0.349 e. The minimum absolute atomic E-state index is 0.0429. The fourth-order valence-corrected chi connectivity index (χ4v) is 1.84. The van der Waals surface area contributed by atoms with Crippen LogP contribution in [0.15, 0.2) is 42.5 Å². The molecule has 0 fully saturated rings. The molecule has 5 nitrogen and oxygen atoms in total. The topological polar surface area (TPSA) is 79.0 Å². The van der Waals surface area contributed by atoms with Gasteiger partial charge in [0.05, 0.1) is 27.8 Å². The van der Waals surface area contributed by atoms with E-state index in [0.717, 1.165) is 12.1 Å². The van der Waals surface area contributed by atoms with Crippen molar-refractivity contribution in [2.45, 2.75) is 6.18 Å². The van der Waals surface area contributed by atoms with Gasteiger partial charge in [-0.2, -0.15) is 18.4 Å². The summed E-state index contributed by atoms with van der Waals surface area (Å²) < 4.78 is 38.7. The van der Waals surface area contributed by atoms with E-state index in [0.29, 0.717) is 0 Å². The summed E-state index contributed by atoms with van der Waals surface area (Å²) in [5, 5.41) is 22.1. The van der Waals surface area contributed by atoms with E-state index in [1.54, 1.807) is 6.07 Å². The standard InChI is InChI=1S/C14H8F3N3O2/c15-14(16,17)10-3-1-2-4-11(10)19-12-6-5-9(8-18)7-13(12)20(21)22/h1-7,19H. The first-order valence-electron chi connectivity index (χ1n) is 5.94. The molecule has 0 atom stereocenters. The highest BCUT2D eigenvalue weighted by Gasteiger charge is 2.33. The van der Waals surface area contributed by atoms with E-state index in [2.05, 4.69) is 5.32 Å². The summed E-state index contributed by atoms with van der Waals surface area (Å²) in [5.41, 5.74) is -1.80. The van der Waals surface area contributed by atoms with Crippen LogP contribution in [0.5, 0.6) is 0 Å². The third-order valence-corrected chi connectivity index (χ3v) is 2.83. The zero-order valence-electron chi connectivity index (χ0n) is 10.9. The Labute approximate surface area is 122 Å². The fourth-order valence-electron chi connectivity index (χ4n) is 1.84. The van der Waals surface area contributed by atoms with Crippen LogP contribution in [-0.4, -0.2) is 4.92 Å². The molecule has 8 heteroatoms. The monoisotopic (exact) mass is 307 g/mol. The minimum Gasteiger partial charge on any atom is -0.349 e. The average Bonchev–Trinajstić information content (AvgIpc) is 2.47. The molecule has 0 unspecified atom stereocenters. The minimum atomic E-state index is -4.59. The van der Waals surface area contributed by atoms with Gasteiger partial charge in [-0.1, -0.05) is 12.1 Å². The molecule has 0 aliphatic carbocycles. The van der Waals surface area contributed by atoms with Gasteiger partial charge >= 0.3 is 6.18 Å². The van der Waals surface area contributed by atoms with E-state index in [4.69, 9.17) is 5.26 Å². The van der Waals surface area contributed by atoms with E-state index in [-0.39, 0.29) is 16.9 Å². The Bertz CT molecular complexity index is 767. The maximum Gasteiger partial charge on any atom is 0.418 e. The Balaban J connectivity index is 2.49. The number of nitriles is 1. The number of benzene rings is 2. The Morgan fingerprint density at radius 3 is 2.41 bits per heavy atom. The van der Waals surface area contributed by atoms with Gasteiger partial charge in [0.25, 0.3) is 5.69 Å². The highest BCUT2D eigenvalue weighted by Crippen LogP contribution is 2.37. The molecule has 2 rings (SSSR count). The van der Waals surface area contributed by atoms with Gasteiger partial charge in [0, 0.05) is 6.07 Å². The number of nitro benzene ring substituents is 1. The molecule has 0 amide bonds. The van der Waals surface area contributed by atoms with E-state index < -0.39 is 22.4 Å². The summed E-state index contributed by atoms with van der Waals surface area (Å²) >= 11 is 0. The number of halogens is 3. The third kappa shape index (κ3) is 3.15. The molecular formula is C14H8F3N3O2. The molecule has 1 N–H and O–H groups in total. The first kappa shape index (κ1) is 15.3. The molecule has 0 bridgehead atoms. The zero-order valence-corrected chi connectivity index (χ0v) is 10.9. The second-order valence-electron chi connectivity index (χ2n) is 4.27. The number of nitrogens with zero attached hydrogens (tertiary/aromatic N) is 2. The van der Waals surface area contributed by atoms with Crippen LogP contribution in [0.1, 0.15) is 11.1 Å². The lowest BCUT2D eigenvalue weighted by Crippen LogP contribution is -2.09. The second-order valence-corrected chi connectivity index (χ2v) is 4.27. The number of hydrogen-bond donors (Lipinski definition) is 1. The lowest BCUT2D eigenvalue weighted by Gasteiger charge is -2.14. The van der Waals surface area contributed by atoms with Crippen LogP contribution in [0.4, 0.5) is 30.2 Å². The fraction of sp³-hybridized carbons (Fsp3) is 0.0714. The number of para-hydroxylation sites is 1. The van der Waals surface area contributed by atoms with Gasteiger partial charge in [-0.05, 0) is 24.3 Å². The molecule has 0 aliphatic heterocycles. The predicted octanol–water partition coefficient (Wildman–Crippen LogP) is 4.23. The van der Waals surface area contributed by atoms with Gasteiger partial charge in [-0.3, -0.25) is 10.1 Å². The van der Waals surface area contributed by atoms with Crippen molar-refractivity contribution in [3.8, 4) is 6.07 Å². The number of alkyl halides is 3. The lowest BCUT2D eigenvalue weighted by atomic mass is 10.1. The van der Waals surface area contributed by atoms with Gasteiger partial charge < -0.3 is 5.32 Å². The number of nitro groups is 1. The van der Waals surface area contributed by atoms with Gasteiger partial charge in [0.2, 0.25) is 0 Å². The van der Waals surface area contributed by atoms with Crippen LogP contribution in [0.2, 0.25) is 0 Å². The van der Waals surface area contributed by atoms with Gasteiger partial charge in [-0.25, -0.2) is 0 Å². The molecule has 0 heterocycles. The van der Waals surface area contributed by atoms with E-state index in [1.807, 2.05) is 0 Å². The Morgan fingerprint density at radius 2 is 1.82 bits per heavy atom. The first-order valence-corrected chi connectivity index (χ1v) is 5.94. The number of rotatable bonds is 3. The lowest BCUT2D eigenvalue weighted by molar-refractivity contribution is -0.383. The second kappa shape index (κ2) is 5.73. The number of anilines is 2.